The van der Waals surface area contributed by atoms with Crippen molar-refractivity contribution in [1.29, 1.82) is 0 Å². The topological polar surface area (TPSA) is 48.9 Å². The third kappa shape index (κ3) is 6.90. The minimum absolute atomic E-state index is 0. The zero-order valence-corrected chi connectivity index (χ0v) is 21.0. The van der Waals surface area contributed by atoms with Gasteiger partial charge in [-0.05, 0) is 29.1 Å². The van der Waals surface area contributed by atoms with Gasteiger partial charge in [0, 0.05) is 43.5 Å². The lowest BCUT2D eigenvalue weighted by Gasteiger charge is -2.35. The number of hydrogen-bond donors (Lipinski definition) is 2. The second kappa shape index (κ2) is 12.0. The Balaban J connectivity index is 0.00000320. The Morgan fingerprint density at radius 1 is 1.20 bits per heavy atom. The Bertz CT molecular complexity index is 777. The van der Waals surface area contributed by atoms with Gasteiger partial charge in [0.25, 0.3) is 0 Å². The summed E-state index contributed by atoms with van der Waals surface area (Å²) >= 11 is 1.78. The molecule has 1 aromatic heterocycles. The number of guanidine groups is 1. The van der Waals surface area contributed by atoms with E-state index in [1.165, 1.54) is 17.0 Å². The van der Waals surface area contributed by atoms with E-state index < -0.39 is 0 Å². The first-order valence-corrected chi connectivity index (χ1v) is 10.9. The number of halogens is 2. The molecule has 5 nitrogen and oxygen atoms in total. The fraction of sp³-hybridized carbons (Fsp3) is 0.500. The number of hydrogen-bond acceptors (Lipinski definition) is 4. The van der Waals surface area contributed by atoms with Crippen molar-refractivity contribution < 1.29 is 9.13 Å². The van der Waals surface area contributed by atoms with Gasteiger partial charge in [-0.25, -0.2) is 4.39 Å². The number of nitrogens with zero attached hydrogens (tertiary/aromatic N) is 2. The normalized spacial score (nSPS) is 16.6. The number of aliphatic imine (C=N–C) groups is 1. The minimum atomic E-state index is -0.212. The number of nitrogens with one attached hydrogen (secondary N) is 2. The van der Waals surface area contributed by atoms with Crippen molar-refractivity contribution in [2.75, 3.05) is 46.4 Å². The number of morpholine rings is 1. The van der Waals surface area contributed by atoms with E-state index in [1.54, 1.807) is 18.4 Å². The van der Waals surface area contributed by atoms with E-state index in [-0.39, 0.29) is 41.3 Å². The van der Waals surface area contributed by atoms with Crippen molar-refractivity contribution in [3.63, 3.8) is 0 Å². The van der Waals surface area contributed by atoms with Gasteiger partial charge in [-0.3, -0.25) is 9.89 Å². The third-order valence-corrected chi connectivity index (χ3v) is 6.55. The molecule has 0 aliphatic carbocycles. The van der Waals surface area contributed by atoms with Gasteiger partial charge in [-0.2, -0.15) is 0 Å². The maximum Gasteiger partial charge on any atom is 0.191 e. The summed E-state index contributed by atoms with van der Waals surface area (Å²) in [5, 5.41) is 9.03. The van der Waals surface area contributed by atoms with Gasteiger partial charge in [-0.15, -0.1) is 35.3 Å². The lowest BCUT2D eigenvalue weighted by Crippen LogP contribution is -2.48. The standard InChI is InChI=1S/C22H31FN4OS.HI/c1-22(2,20-5-4-14-29-20)16-26-21(24-3)25-15-19(27-10-12-28-13-11-27)17-6-8-18(23)9-7-17;/h4-9,14,19H,10-13,15-16H2,1-3H3,(H2,24,25,26);1H. The largest absolute Gasteiger partial charge is 0.379 e. The van der Waals surface area contributed by atoms with Gasteiger partial charge < -0.3 is 15.4 Å². The molecule has 166 valence electrons. The van der Waals surface area contributed by atoms with Crippen LogP contribution in [0.4, 0.5) is 4.39 Å². The molecule has 2 heterocycles. The smallest absolute Gasteiger partial charge is 0.191 e. The first kappa shape index (κ1) is 25.0. The lowest BCUT2D eigenvalue weighted by atomic mass is 9.91. The van der Waals surface area contributed by atoms with Gasteiger partial charge in [0.05, 0.1) is 19.3 Å². The molecule has 1 atom stereocenters. The average molecular weight is 546 g/mol. The predicted molar refractivity (Wildman–Crippen MR) is 134 cm³/mol. The molecule has 2 N–H and O–H groups in total. The minimum Gasteiger partial charge on any atom is -0.379 e. The Morgan fingerprint density at radius 3 is 2.50 bits per heavy atom. The Kier molecular flexibility index (Phi) is 9.99. The maximum absolute atomic E-state index is 13.4. The van der Waals surface area contributed by atoms with E-state index in [2.05, 4.69) is 51.9 Å². The van der Waals surface area contributed by atoms with E-state index >= 15 is 0 Å². The second-order valence-corrected chi connectivity index (χ2v) is 8.83. The van der Waals surface area contributed by atoms with Crippen LogP contribution in [0, 0.1) is 5.82 Å². The highest BCUT2D eigenvalue weighted by molar-refractivity contribution is 14.0. The molecule has 0 saturated carbocycles. The van der Waals surface area contributed by atoms with E-state index in [4.69, 9.17) is 4.74 Å². The highest BCUT2D eigenvalue weighted by Crippen LogP contribution is 2.26. The fourth-order valence-corrected chi connectivity index (χ4v) is 4.35. The van der Waals surface area contributed by atoms with Crippen LogP contribution >= 0.6 is 35.3 Å². The van der Waals surface area contributed by atoms with Crippen LogP contribution in [0.2, 0.25) is 0 Å². The molecular formula is C22H32FIN4OS. The molecule has 3 rings (SSSR count). The van der Waals surface area contributed by atoms with Gasteiger partial charge >= 0.3 is 0 Å². The van der Waals surface area contributed by atoms with Crippen molar-refractivity contribution in [3.05, 3.63) is 58.0 Å². The molecule has 0 spiro atoms. The van der Waals surface area contributed by atoms with Crippen LogP contribution < -0.4 is 10.6 Å². The number of benzene rings is 1. The lowest BCUT2D eigenvalue weighted by molar-refractivity contribution is 0.0170. The van der Waals surface area contributed by atoms with Gasteiger partial charge in [0.2, 0.25) is 0 Å². The maximum atomic E-state index is 13.4. The summed E-state index contributed by atoms with van der Waals surface area (Å²) in [6, 6.07) is 11.2. The van der Waals surface area contributed by atoms with E-state index in [9.17, 15) is 4.39 Å². The van der Waals surface area contributed by atoms with Gasteiger partial charge in [0.15, 0.2) is 5.96 Å². The highest BCUT2D eigenvalue weighted by atomic mass is 127. The number of rotatable bonds is 7. The Hall–Kier alpha value is -1.23. The molecule has 0 bridgehead atoms. The summed E-state index contributed by atoms with van der Waals surface area (Å²) < 4.78 is 18.9. The van der Waals surface area contributed by atoms with Crippen LogP contribution in [0.15, 0.2) is 46.8 Å². The Labute approximate surface area is 200 Å². The Morgan fingerprint density at radius 2 is 1.90 bits per heavy atom. The van der Waals surface area contributed by atoms with Gasteiger partial charge in [0.1, 0.15) is 5.82 Å². The van der Waals surface area contributed by atoms with Crippen molar-refractivity contribution in [1.82, 2.24) is 15.5 Å². The summed E-state index contributed by atoms with van der Waals surface area (Å²) in [6.07, 6.45) is 0. The summed E-state index contributed by atoms with van der Waals surface area (Å²) in [5.41, 5.74) is 1.11. The monoisotopic (exact) mass is 546 g/mol. The zero-order chi connectivity index (χ0) is 20.7. The average Bonchev–Trinajstić information content (AvgIpc) is 3.28. The third-order valence-electron chi connectivity index (χ3n) is 5.31. The summed E-state index contributed by atoms with van der Waals surface area (Å²) in [5.74, 6) is 0.561. The van der Waals surface area contributed by atoms with Crippen molar-refractivity contribution in [3.8, 4) is 0 Å². The SMILES string of the molecule is CN=C(NCC(c1ccc(F)cc1)N1CCOCC1)NCC(C)(C)c1cccs1.I. The first-order valence-electron chi connectivity index (χ1n) is 10.1. The van der Waals surface area contributed by atoms with E-state index in [1.807, 2.05) is 12.1 Å². The zero-order valence-electron chi connectivity index (χ0n) is 17.9. The van der Waals surface area contributed by atoms with Crippen LogP contribution in [-0.4, -0.2) is 57.3 Å². The van der Waals surface area contributed by atoms with Crippen LogP contribution in [0.3, 0.4) is 0 Å². The van der Waals surface area contributed by atoms with Crippen LogP contribution in [0.5, 0.6) is 0 Å². The second-order valence-electron chi connectivity index (χ2n) is 7.88. The molecule has 1 aromatic carbocycles. The van der Waals surface area contributed by atoms with Crippen molar-refractivity contribution in [2.45, 2.75) is 25.3 Å². The highest BCUT2D eigenvalue weighted by Gasteiger charge is 2.24. The molecular weight excluding hydrogens is 514 g/mol. The molecule has 0 radical (unpaired) electrons. The van der Waals surface area contributed by atoms with Crippen molar-refractivity contribution >= 4 is 41.3 Å². The molecule has 1 saturated heterocycles. The van der Waals surface area contributed by atoms with Crippen LogP contribution in [0.25, 0.3) is 0 Å². The molecule has 1 aliphatic rings. The van der Waals surface area contributed by atoms with Crippen LogP contribution in [0.1, 0.15) is 30.3 Å². The van der Waals surface area contributed by atoms with E-state index in [0.717, 1.165) is 44.4 Å². The number of thiophene rings is 1. The molecule has 2 aromatic rings. The van der Waals surface area contributed by atoms with Crippen molar-refractivity contribution in [2.24, 2.45) is 4.99 Å². The first-order chi connectivity index (χ1) is 14.0. The summed E-state index contributed by atoms with van der Waals surface area (Å²) in [7, 11) is 1.79. The molecule has 8 heteroatoms. The summed E-state index contributed by atoms with van der Waals surface area (Å²) in [6.45, 7) is 9.10. The number of ether oxygens (including phenoxy) is 1. The quantitative estimate of drug-likeness (QED) is 0.313. The van der Waals surface area contributed by atoms with Crippen LogP contribution in [-0.2, 0) is 10.2 Å². The molecule has 30 heavy (non-hydrogen) atoms. The molecule has 0 amide bonds. The molecule has 1 unspecified atom stereocenters. The fourth-order valence-electron chi connectivity index (χ4n) is 3.50. The molecule has 1 fully saturated rings. The van der Waals surface area contributed by atoms with Gasteiger partial charge in [-0.1, -0.05) is 32.0 Å². The summed E-state index contributed by atoms with van der Waals surface area (Å²) in [4.78, 5) is 8.12. The molecule has 1 aliphatic heterocycles. The predicted octanol–water partition coefficient (Wildman–Crippen LogP) is 4.02. The van der Waals surface area contributed by atoms with E-state index in [0.29, 0.717) is 6.54 Å².